The first kappa shape index (κ1) is 15.9. The van der Waals surface area contributed by atoms with Gasteiger partial charge >= 0.3 is 0 Å². The Balaban J connectivity index is 2.09. The Morgan fingerprint density at radius 2 is 1.78 bits per heavy atom. The van der Waals surface area contributed by atoms with Crippen LogP contribution in [0.3, 0.4) is 0 Å². The number of aliphatic hydroxyl groups is 1. The number of hydrogen-bond donors (Lipinski definition) is 2. The highest BCUT2D eigenvalue weighted by atomic mass is 16.3. The summed E-state index contributed by atoms with van der Waals surface area (Å²) in [4.78, 5) is 2.58. The van der Waals surface area contributed by atoms with Crippen molar-refractivity contribution in [1.82, 2.24) is 10.2 Å². The van der Waals surface area contributed by atoms with E-state index in [1.54, 1.807) is 0 Å². The highest BCUT2D eigenvalue weighted by Crippen LogP contribution is 2.12. The van der Waals surface area contributed by atoms with Gasteiger partial charge in [-0.25, -0.2) is 0 Å². The van der Waals surface area contributed by atoms with E-state index in [0.29, 0.717) is 12.0 Å². The lowest BCUT2D eigenvalue weighted by atomic mass is 10.0. The lowest BCUT2D eigenvalue weighted by molar-refractivity contribution is 0.112. The van der Waals surface area contributed by atoms with Crippen LogP contribution >= 0.6 is 0 Å². The second-order valence-corrected chi connectivity index (χ2v) is 6.52. The van der Waals surface area contributed by atoms with E-state index in [0.717, 1.165) is 18.9 Å². The van der Waals surface area contributed by atoms with E-state index < -0.39 is 0 Å². The van der Waals surface area contributed by atoms with E-state index in [1.165, 1.54) is 32.5 Å². The summed E-state index contributed by atoms with van der Waals surface area (Å²) in [6, 6.07) is 0.660. The van der Waals surface area contributed by atoms with Gasteiger partial charge in [0.05, 0.1) is 6.10 Å². The van der Waals surface area contributed by atoms with E-state index >= 15 is 0 Å². The molecule has 0 aromatic heterocycles. The molecule has 0 radical (unpaired) electrons. The standard InChI is InChI=1S/C15H32N2O/c1-12(2)11-17-9-6-14(7-10-17)16-8-5-15(18)13(3)4/h12-16,18H,5-11H2,1-4H3. The Labute approximate surface area is 113 Å². The summed E-state index contributed by atoms with van der Waals surface area (Å²) < 4.78 is 0. The van der Waals surface area contributed by atoms with Crippen LogP contribution in [0.25, 0.3) is 0 Å². The van der Waals surface area contributed by atoms with Crippen LogP contribution in [0.5, 0.6) is 0 Å². The predicted molar refractivity (Wildman–Crippen MR) is 77.8 cm³/mol. The van der Waals surface area contributed by atoms with Crippen molar-refractivity contribution in [2.45, 2.75) is 59.1 Å². The summed E-state index contributed by atoms with van der Waals surface area (Å²) >= 11 is 0. The summed E-state index contributed by atoms with van der Waals surface area (Å²) in [5.41, 5.74) is 0. The first-order valence-electron chi connectivity index (χ1n) is 7.62. The Morgan fingerprint density at radius 3 is 2.28 bits per heavy atom. The van der Waals surface area contributed by atoms with Crippen molar-refractivity contribution in [3.8, 4) is 0 Å². The van der Waals surface area contributed by atoms with Gasteiger partial charge < -0.3 is 15.3 Å². The second kappa shape index (κ2) is 8.13. The molecule has 1 unspecified atom stereocenters. The van der Waals surface area contributed by atoms with Gasteiger partial charge in [-0.15, -0.1) is 0 Å². The summed E-state index contributed by atoms with van der Waals surface area (Å²) in [5.74, 6) is 1.15. The molecule has 1 aliphatic rings. The topological polar surface area (TPSA) is 35.5 Å². The van der Waals surface area contributed by atoms with Crippen LogP contribution in [0.4, 0.5) is 0 Å². The van der Waals surface area contributed by atoms with Gasteiger partial charge in [0, 0.05) is 12.6 Å². The van der Waals surface area contributed by atoms with Crippen LogP contribution in [-0.2, 0) is 0 Å². The minimum Gasteiger partial charge on any atom is -0.393 e. The fourth-order valence-electron chi connectivity index (χ4n) is 2.60. The van der Waals surface area contributed by atoms with Crippen molar-refractivity contribution in [2.24, 2.45) is 11.8 Å². The summed E-state index contributed by atoms with van der Waals surface area (Å²) in [6.45, 7) is 13.4. The van der Waals surface area contributed by atoms with Crippen LogP contribution in [0.1, 0.15) is 47.0 Å². The number of aliphatic hydroxyl groups excluding tert-OH is 1. The SMILES string of the molecule is CC(C)CN1CCC(NCCC(O)C(C)C)CC1. The predicted octanol–water partition coefficient (Wildman–Crippen LogP) is 2.10. The normalized spacial score (nSPS) is 20.8. The summed E-state index contributed by atoms with van der Waals surface area (Å²) in [5, 5.41) is 13.3. The molecule has 2 N–H and O–H groups in total. The van der Waals surface area contributed by atoms with E-state index in [2.05, 4.69) is 37.9 Å². The van der Waals surface area contributed by atoms with Crippen molar-refractivity contribution in [2.75, 3.05) is 26.2 Å². The molecule has 0 aromatic rings. The van der Waals surface area contributed by atoms with Crippen LogP contribution in [0.15, 0.2) is 0 Å². The molecule has 0 aromatic carbocycles. The van der Waals surface area contributed by atoms with Crippen molar-refractivity contribution >= 4 is 0 Å². The number of rotatable bonds is 7. The lowest BCUT2D eigenvalue weighted by Gasteiger charge is -2.33. The van der Waals surface area contributed by atoms with E-state index in [9.17, 15) is 5.11 Å². The molecule has 0 spiro atoms. The number of hydrogen-bond acceptors (Lipinski definition) is 3. The van der Waals surface area contributed by atoms with Gasteiger partial charge in [-0.1, -0.05) is 27.7 Å². The molecule has 1 fully saturated rings. The molecule has 1 heterocycles. The average molecular weight is 256 g/mol. The molecule has 1 atom stereocenters. The Hall–Kier alpha value is -0.120. The van der Waals surface area contributed by atoms with Gasteiger partial charge in [0.1, 0.15) is 0 Å². The molecular weight excluding hydrogens is 224 g/mol. The van der Waals surface area contributed by atoms with Crippen molar-refractivity contribution in [3.05, 3.63) is 0 Å². The van der Waals surface area contributed by atoms with Gasteiger partial charge in [0.25, 0.3) is 0 Å². The largest absolute Gasteiger partial charge is 0.393 e. The first-order chi connectivity index (χ1) is 8.49. The van der Waals surface area contributed by atoms with Crippen LogP contribution in [0, 0.1) is 11.8 Å². The molecule has 0 saturated carbocycles. The molecule has 1 aliphatic heterocycles. The first-order valence-corrected chi connectivity index (χ1v) is 7.62. The molecule has 0 amide bonds. The zero-order valence-electron chi connectivity index (χ0n) is 12.7. The second-order valence-electron chi connectivity index (χ2n) is 6.52. The molecule has 3 heteroatoms. The third-order valence-corrected chi connectivity index (χ3v) is 3.85. The molecule has 1 saturated heterocycles. The third-order valence-electron chi connectivity index (χ3n) is 3.85. The van der Waals surface area contributed by atoms with Crippen molar-refractivity contribution < 1.29 is 5.11 Å². The van der Waals surface area contributed by atoms with Crippen molar-refractivity contribution in [1.29, 1.82) is 0 Å². The average Bonchev–Trinajstić information content (AvgIpc) is 2.30. The number of nitrogens with one attached hydrogen (secondary N) is 1. The molecule has 18 heavy (non-hydrogen) atoms. The smallest absolute Gasteiger partial charge is 0.0575 e. The van der Waals surface area contributed by atoms with E-state index in [-0.39, 0.29) is 6.10 Å². The Kier molecular flexibility index (Phi) is 7.20. The summed E-state index contributed by atoms with van der Waals surface area (Å²) in [6.07, 6.45) is 3.23. The maximum absolute atomic E-state index is 9.75. The maximum atomic E-state index is 9.75. The van der Waals surface area contributed by atoms with E-state index in [1.807, 2.05) is 0 Å². The quantitative estimate of drug-likeness (QED) is 0.732. The van der Waals surface area contributed by atoms with Crippen LogP contribution in [0.2, 0.25) is 0 Å². The van der Waals surface area contributed by atoms with Crippen LogP contribution < -0.4 is 5.32 Å². The Bertz CT molecular complexity index is 211. The van der Waals surface area contributed by atoms with Gasteiger partial charge in [0.15, 0.2) is 0 Å². The monoisotopic (exact) mass is 256 g/mol. The van der Waals surface area contributed by atoms with Crippen LogP contribution in [-0.4, -0.2) is 48.3 Å². The highest BCUT2D eigenvalue weighted by molar-refractivity contribution is 4.78. The zero-order chi connectivity index (χ0) is 13.5. The van der Waals surface area contributed by atoms with Gasteiger partial charge in [-0.3, -0.25) is 0 Å². The molecule has 0 aliphatic carbocycles. The number of nitrogens with zero attached hydrogens (tertiary/aromatic N) is 1. The molecule has 0 bridgehead atoms. The third kappa shape index (κ3) is 6.17. The van der Waals surface area contributed by atoms with Gasteiger partial charge in [0.2, 0.25) is 0 Å². The fourth-order valence-corrected chi connectivity index (χ4v) is 2.60. The lowest BCUT2D eigenvalue weighted by Crippen LogP contribution is -2.44. The molecule has 3 nitrogen and oxygen atoms in total. The minimum atomic E-state index is -0.154. The zero-order valence-corrected chi connectivity index (χ0v) is 12.7. The number of piperidine rings is 1. The van der Waals surface area contributed by atoms with Gasteiger partial charge in [-0.2, -0.15) is 0 Å². The van der Waals surface area contributed by atoms with Gasteiger partial charge in [-0.05, 0) is 50.7 Å². The fraction of sp³-hybridized carbons (Fsp3) is 1.00. The Morgan fingerprint density at radius 1 is 1.17 bits per heavy atom. The molecular formula is C15H32N2O. The summed E-state index contributed by atoms with van der Waals surface area (Å²) in [7, 11) is 0. The minimum absolute atomic E-state index is 0.154. The van der Waals surface area contributed by atoms with Crippen molar-refractivity contribution in [3.63, 3.8) is 0 Å². The highest BCUT2D eigenvalue weighted by Gasteiger charge is 2.19. The van der Waals surface area contributed by atoms with E-state index in [4.69, 9.17) is 0 Å². The maximum Gasteiger partial charge on any atom is 0.0575 e. The number of likely N-dealkylation sites (tertiary alicyclic amines) is 1. The molecule has 1 rings (SSSR count). The molecule has 108 valence electrons.